The molecule has 2 rings (SSSR count). The summed E-state index contributed by atoms with van der Waals surface area (Å²) in [5, 5.41) is 14.2. The number of hydrogen-bond acceptors (Lipinski definition) is 4. The highest BCUT2D eigenvalue weighted by Crippen LogP contribution is 2.16. The fourth-order valence-corrected chi connectivity index (χ4v) is 2.71. The topological polar surface area (TPSA) is 109 Å². The third-order valence-electron chi connectivity index (χ3n) is 3.66. The van der Waals surface area contributed by atoms with Crippen molar-refractivity contribution in [2.45, 2.75) is 19.9 Å². The van der Waals surface area contributed by atoms with Gasteiger partial charge in [-0.15, -0.1) is 0 Å². The predicted octanol–water partition coefficient (Wildman–Crippen LogP) is 3.04. The molecule has 0 radical (unpaired) electrons. The Morgan fingerprint density at radius 1 is 1.15 bits per heavy atom. The molecule has 0 saturated heterocycles. The molecule has 2 amide bonds. The van der Waals surface area contributed by atoms with Gasteiger partial charge in [-0.05, 0) is 46.1 Å². The molecule has 0 spiro atoms. The van der Waals surface area contributed by atoms with E-state index in [1.165, 1.54) is 12.3 Å². The lowest BCUT2D eigenvalue weighted by atomic mass is 10.0. The molecule has 142 valence electrons. The van der Waals surface area contributed by atoms with E-state index in [-0.39, 0.29) is 11.6 Å². The van der Waals surface area contributed by atoms with Crippen LogP contribution in [-0.2, 0) is 9.59 Å². The van der Waals surface area contributed by atoms with Crippen molar-refractivity contribution in [3.05, 3.63) is 64.2 Å². The summed E-state index contributed by atoms with van der Waals surface area (Å²) >= 11 is 3.29. The van der Waals surface area contributed by atoms with E-state index in [4.69, 9.17) is 4.42 Å². The van der Waals surface area contributed by atoms with Crippen LogP contribution < -0.4 is 10.6 Å². The second-order valence-electron chi connectivity index (χ2n) is 6.04. The second-order valence-corrected chi connectivity index (χ2v) is 6.90. The van der Waals surface area contributed by atoms with E-state index >= 15 is 0 Å². The molecule has 0 unspecified atom stereocenters. The third-order valence-corrected chi connectivity index (χ3v) is 4.35. The largest absolute Gasteiger partial charge is 0.480 e. The molecular weight excluding hydrogens is 416 g/mol. The van der Waals surface area contributed by atoms with Crippen LogP contribution in [0.1, 0.15) is 30.0 Å². The van der Waals surface area contributed by atoms with E-state index in [1.807, 2.05) is 0 Å². The summed E-state index contributed by atoms with van der Waals surface area (Å²) in [5.41, 5.74) is 0.201. The highest BCUT2D eigenvalue weighted by atomic mass is 79.9. The average molecular weight is 435 g/mol. The van der Waals surface area contributed by atoms with E-state index in [0.29, 0.717) is 15.8 Å². The molecular formula is C19H19BrN2O5. The normalized spacial score (nSPS) is 12.5. The fraction of sp³-hybridized carbons (Fsp3) is 0.211. The van der Waals surface area contributed by atoms with Crippen LogP contribution in [0, 0.1) is 5.92 Å². The van der Waals surface area contributed by atoms with Gasteiger partial charge < -0.3 is 20.2 Å². The Kier molecular flexibility index (Phi) is 6.95. The van der Waals surface area contributed by atoms with Crippen LogP contribution in [0.5, 0.6) is 0 Å². The molecule has 0 aliphatic rings. The zero-order chi connectivity index (χ0) is 20.0. The minimum atomic E-state index is -1.16. The number of nitrogens with one attached hydrogen (secondary N) is 2. The molecule has 0 aliphatic carbocycles. The molecule has 1 heterocycles. The van der Waals surface area contributed by atoms with Gasteiger partial charge in [0.05, 0.1) is 11.8 Å². The number of carboxylic acid groups (broad SMARTS) is 1. The van der Waals surface area contributed by atoms with Crippen molar-refractivity contribution in [1.29, 1.82) is 0 Å². The SMILES string of the molecule is CC(C)[C@H](NC(=O)/C(=C\c1ccco1)NC(=O)c1ccccc1Br)C(=O)O. The Labute approximate surface area is 164 Å². The van der Waals surface area contributed by atoms with E-state index in [9.17, 15) is 19.5 Å². The van der Waals surface area contributed by atoms with Crippen LogP contribution in [0.4, 0.5) is 0 Å². The van der Waals surface area contributed by atoms with Crippen molar-refractivity contribution < 1.29 is 23.9 Å². The van der Waals surface area contributed by atoms with Gasteiger partial charge in [0, 0.05) is 10.5 Å². The number of halogens is 1. The third kappa shape index (κ3) is 5.55. The van der Waals surface area contributed by atoms with Crippen LogP contribution in [0.25, 0.3) is 6.08 Å². The lowest BCUT2D eigenvalue weighted by molar-refractivity contribution is -0.142. The van der Waals surface area contributed by atoms with E-state index in [1.54, 1.807) is 50.2 Å². The maximum absolute atomic E-state index is 12.6. The summed E-state index contributed by atoms with van der Waals surface area (Å²) in [6.07, 6.45) is 2.76. The van der Waals surface area contributed by atoms with Crippen LogP contribution in [0.3, 0.4) is 0 Å². The van der Waals surface area contributed by atoms with Gasteiger partial charge in [0.1, 0.15) is 17.5 Å². The molecule has 2 aromatic rings. The van der Waals surface area contributed by atoms with Gasteiger partial charge in [0.15, 0.2) is 0 Å². The molecule has 0 fully saturated rings. The molecule has 3 N–H and O–H groups in total. The zero-order valence-corrected chi connectivity index (χ0v) is 16.3. The van der Waals surface area contributed by atoms with Gasteiger partial charge in [-0.25, -0.2) is 4.79 Å². The van der Waals surface area contributed by atoms with Crippen LogP contribution >= 0.6 is 15.9 Å². The second kappa shape index (κ2) is 9.18. The van der Waals surface area contributed by atoms with Gasteiger partial charge in [-0.3, -0.25) is 9.59 Å². The summed E-state index contributed by atoms with van der Waals surface area (Å²) in [6.45, 7) is 3.35. The number of carbonyl (C=O) groups is 3. The standard InChI is InChI=1S/C19H19BrN2O5/c1-11(2)16(19(25)26)22-18(24)15(10-12-6-5-9-27-12)21-17(23)13-7-3-4-8-14(13)20/h3-11,16H,1-2H3,(H,21,23)(H,22,24)(H,25,26)/b15-10+/t16-/m0/s1. The van der Waals surface area contributed by atoms with Crippen molar-refractivity contribution in [2.24, 2.45) is 5.92 Å². The molecule has 8 heteroatoms. The number of carboxylic acids is 1. The first kappa shape index (κ1) is 20.4. The molecule has 0 aliphatic heterocycles. The summed E-state index contributed by atoms with van der Waals surface area (Å²) < 4.78 is 5.75. The lowest BCUT2D eigenvalue weighted by Gasteiger charge is -2.19. The molecule has 0 bridgehead atoms. The maximum atomic E-state index is 12.6. The highest BCUT2D eigenvalue weighted by molar-refractivity contribution is 9.10. The first-order valence-electron chi connectivity index (χ1n) is 8.14. The summed E-state index contributed by atoms with van der Waals surface area (Å²) in [5.74, 6) is -2.41. The zero-order valence-electron chi connectivity index (χ0n) is 14.7. The van der Waals surface area contributed by atoms with E-state index < -0.39 is 23.8 Å². The van der Waals surface area contributed by atoms with Gasteiger partial charge in [0.2, 0.25) is 0 Å². The number of carbonyl (C=O) groups excluding carboxylic acids is 2. The Bertz CT molecular complexity index is 859. The number of hydrogen-bond donors (Lipinski definition) is 3. The van der Waals surface area contributed by atoms with Crippen LogP contribution in [-0.4, -0.2) is 28.9 Å². The molecule has 7 nitrogen and oxygen atoms in total. The van der Waals surface area contributed by atoms with Gasteiger partial charge in [-0.2, -0.15) is 0 Å². The number of aliphatic carboxylic acids is 1. The summed E-state index contributed by atoms with van der Waals surface area (Å²) in [6, 6.07) is 8.88. The number of rotatable bonds is 7. The first-order valence-corrected chi connectivity index (χ1v) is 8.93. The van der Waals surface area contributed by atoms with E-state index in [2.05, 4.69) is 26.6 Å². The monoisotopic (exact) mass is 434 g/mol. The minimum Gasteiger partial charge on any atom is -0.480 e. The predicted molar refractivity (Wildman–Crippen MR) is 103 cm³/mol. The Morgan fingerprint density at radius 2 is 1.85 bits per heavy atom. The fourth-order valence-electron chi connectivity index (χ4n) is 2.24. The molecule has 1 aromatic heterocycles. The Balaban J connectivity index is 2.29. The molecule has 1 aromatic carbocycles. The highest BCUT2D eigenvalue weighted by Gasteiger charge is 2.26. The van der Waals surface area contributed by atoms with Gasteiger partial charge in [0.25, 0.3) is 11.8 Å². The molecule has 27 heavy (non-hydrogen) atoms. The summed E-state index contributed by atoms with van der Waals surface area (Å²) in [4.78, 5) is 36.5. The lowest BCUT2D eigenvalue weighted by Crippen LogP contribution is -2.47. The van der Waals surface area contributed by atoms with Crippen LogP contribution in [0.2, 0.25) is 0 Å². The van der Waals surface area contributed by atoms with Crippen molar-refractivity contribution in [1.82, 2.24) is 10.6 Å². The molecule has 1 atom stereocenters. The van der Waals surface area contributed by atoms with Crippen molar-refractivity contribution in [3.63, 3.8) is 0 Å². The van der Waals surface area contributed by atoms with Crippen LogP contribution in [0.15, 0.2) is 57.2 Å². The quantitative estimate of drug-likeness (QED) is 0.580. The Morgan fingerprint density at radius 3 is 2.41 bits per heavy atom. The smallest absolute Gasteiger partial charge is 0.326 e. The van der Waals surface area contributed by atoms with Crippen molar-refractivity contribution in [2.75, 3.05) is 0 Å². The number of furan rings is 1. The average Bonchev–Trinajstić information content (AvgIpc) is 3.11. The number of amides is 2. The Hall–Kier alpha value is -2.87. The maximum Gasteiger partial charge on any atom is 0.326 e. The molecule has 0 saturated carbocycles. The number of benzene rings is 1. The van der Waals surface area contributed by atoms with Crippen molar-refractivity contribution >= 4 is 39.8 Å². The summed E-state index contributed by atoms with van der Waals surface area (Å²) in [7, 11) is 0. The van der Waals surface area contributed by atoms with E-state index in [0.717, 1.165) is 0 Å². The van der Waals surface area contributed by atoms with Gasteiger partial charge in [-0.1, -0.05) is 26.0 Å². The first-order chi connectivity index (χ1) is 12.8. The minimum absolute atomic E-state index is 0.127. The van der Waals surface area contributed by atoms with Crippen molar-refractivity contribution in [3.8, 4) is 0 Å². The van der Waals surface area contributed by atoms with Gasteiger partial charge >= 0.3 is 5.97 Å².